The van der Waals surface area contributed by atoms with Gasteiger partial charge in [0.1, 0.15) is 0 Å². The van der Waals surface area contributed by atoms with Crippen molar-refractivity contribution < 1.29 is 14.7 Å². The second-order valence-electron chi connectivity index (χ2n) is 6.03. The summed E-state index contributed by atoms with van der Waals surface area (Å²) < 4.78 is 0. The molecule has 0 aliphatic carbocycles. The number of carbonyl (C=O) groups is 2. The average molecular weight is 290 g/mol. The third kappa shape index (κ3) is 3.61. The molecular formula is C16H22N2O3. The Bertz CT molecular complexity index is 554. The van der Waals surface area contributed by atoms with Crippen LogP contribution in [0.5, 0.6) is 0 Å². The Morgan fingerprint density at radius 3 is 2.67 bits per heavy atom. The monoisotopic (exact) mass is 290 g/mol. The van der Waals surface area contributed by atoms with Gasteiger partial charge in [-0.15, -0.1) is 0 Å². The molecule has 5 nitrogen and oxygen atoms in total. The molecular weight excluding hydrogens is 268 g/mol. The Labute approximate surface area is 124 Å². The molecule has 1 aliphatic rings. The molecule has 1 aromatic rings. The van der Waals surface area contributed by atoms with E-state index < -0.39 is 12.0 Å². The van der Waals surface area contributed by atoms with E-state index in [4.69, 9.17) is 10.8 Å². The van der Waals surface area contributed by atoms with Crippen LogP contribution in [0.1, 0.15) is 41.8 Å². The number of fused-ring (bicyclic) bond motifs is 1. The maximum absolute atomic E-state index is 12.3. The molecule has 1 heterocycles. The first-order valence-electron chi connectivity index (χ1n) is 7.28. The van der Waals surface area contributed by atoms with Crippen LogP contribution in [0.4, 0.5) is 0 Å². The fraction of sp³-hybridized carbons (Fsp3) is 0.500. The molecule has 1 aliphatic heterocycles. The number of benzene rings is 1. The number of amides is 1. The Morgan fingerprint density at radius 1 is 1.33 bits per heavy atom. The molecule has 5 heteroatoms. The summed E-state index contributed by atoms with van der Waals surface area (Å²) in [6, 6.07) is 4.64. The quantitative estimate of drug-likeness (QED) is 0.883. The number of hydrogen-bond donors (Lipinski definition) is 2. The molecule has 1 amide bonds. The summed E-state index contributed by atoms with van der Waals surface area (Å²) in [5.74, 6) is -0.618. The number of nitrogens with two attached hydrogens (primary N) is 1. The molecule has 0 unspecified atom stereocenters. The zero-order chi connectivity index (χ0) is 15.6. The number of rotatable bonds is 4. The fourth-order valence-electron chi connectivity index (χ4n) is 2.72. The van der Waals surface area contributed by atoms with E-state index in [-0.39, 0.29) is 11.5 Å². The van der Waals surface area contributed by atoms with Gasteiger partial charge < -0.3 is 15.7 Å². The first kappa shape index (κ1) is 15.5. The Hall–Kier alpha value is -1.88. The summed E-state index contributed by atoms with van der Waals surface area (Å²) in [5, 5.41) is 9.05. The number of carbonyl (C=O) groups excluding carboxylic acids is 1. The van der Waals surface area contributed by atoms with Crippen LogP contribution in [-0.4, -0.2) is 34.5 Å². The van der Waals surface area contributed by atoms with E-state index in [1.807, 2.05) is 19.9 Å². The minimum atomic E-state index is -0.947. The van der Waals surface area contributed by atoms with Gasteiger partial charge in [-0.25, -0.2) is 4.79 Å². The van der Waals surface area contributed by atoms with Crippen LogP contribution in [0.3, 0.4) is 0 Å². The number of nitrogens with zero attached hydrogens (tertiary/aromatic N) is 1. The number of carboxylic acids is 1. The van der Waals surface area contributed by atoms with Crippen LogP contribution >= 0.6 is 0 Å². The molecule has 21 heavy (non-hydrogen) atoms. The van der Waals surface area contributed by atoms with Gasteiger partial charge in [-0.05, 0) is 42.0 Å². The number of aromatic carboxylic acids is 1. The van der Waals surface area contributed by atoms with Crippen molar-refractivity contribution >= 4 is 11.9 Å². The lowest BCUT2D eigenvalue weighted by molar-refractivity contribution is -0.133. The van der Waals surface area contributed by atoms with Gasteiger partial charge in [0.05, 0.1) is 11.6 Å². The van der Waals surface area contributed by atoms with Crippen LogP contribution < -0.4 is 5.73 Å². The number of hydrogen-bond acceptors (Lipinski definition) is 3. The number of carboxylic acid groups (broad SMARTS) is 1. The highest BCUT2D eigenvalue weighted by atomic mass is 16.4. The molecule has 0 aromatic heterocycles. The molecule has 1 atom stereocenters. The van der Waals surface area contributed by atoms with Crippen LogP contribution in [-0.2, 0) is 17.8 Å². The molecule has 0 fully saturated rings. The topological polar surface area (TPSA) is 83.6 Å². The predicted molar refractivity (Wildman–Crippen MR) is 80.0 cm³/mol. The highest BCUT2D eigenvalue weighted by molar-refractivity contribution is 5.88. The molecule has 1 aromatic carbocycles. The Kier molecular flexibility index (Phi) is 4.63. The molecule has 0 spiro atoms. The van der Waals surface area contributed by atoms with Crippen molar-refractivity contribution in [1.82, 2.24) is 4.90 Å². The first-order valence-corrected chi connectivity index (χ1v) is 7.28. The van der Waals surface area contributed by atoms with Gasteiger partial charge in [0.15, 0.2) is 0 Å². The second-order valence-corrected chi connectivity index (χ2v) is 6.03. The third-order valence-electron chi connectivity index (χ3n) is 3.82. The van der Waals surface area contributed by atoms with E-state index in [9.17, 15) is 9.59 Å². The summed E-state index contributed by atoms with van der Waals surface area (Å²) in [5.41, 5.74) is 8.24. The van der Waals surface area contributed by atoms with Crippen molar-refractivity contribution in [2.45, 2.75) is 39.3 Å². The normalized spacial score (nSPS) is 15.7. The first-order chi connectivity index (χ1) is 9.88. The van der Waals surface area contributed by atoms with Gasteiger partial charge in [-0.3, -0.25) is 4.79 Å². The Balaban J connectivity index is 2.12. The Morgan fingerprint density at radius 2 is 2.05 bits per heavy atom. The molecule has 0 saturated carbocycles. The molecule has 0 bridgehead atoms. The summed E-state index contributed by atoms with van der Waals surface area (Å²) in [6.07, 6.45) is 1.41. The lowest BCUT2D eigenvalue weighted by Crippen LogP contribution is -2.46. The van der Waals surface area contributed by atoms with Crippen molar-refractivity contribution in [3.8, 4) is 0 Å². The summed E-state index contributed by atoms with van der Waals surface area (Å²) in [7, 11) is 0. The third-order valence-corrected chi connectivity index (χ3v) is 3.82. The SMILES string of the molecule is CC(C)C[C@@H](N)C(=O)N1CCc2ccc(C(=O)O)cc2C1. The predicted octanol–water partition coefficient (Wildman–Crippen LogP) is 1.64. The average Bonchev–Trinajstić information content (AvgIpc) is 2.44. The van der Waals surface area contributed by atoms with Gasteiger partial charge in [0.25, 0.3) is 0 Å². The van der Waals surface area contributed by atoms with E-state index in [1.165, 1.54) is 0 Å². The largest absolute Gasteiger partial charge is 0.478 e. The van der Waals surface area contributed by atoms with E-state index in [2.05, 4.69) is 0 Å². The molecule has 2 rings (SSSR count). The highest BCUT2D eigenvalue weighted by Crippen LogP contribution is 2.21. The van der Waals surface area contributed by atoms with Crippen molar-refractivity contribution in [3.63, 3.8) is 0 Å². The minimum absolute atomic E-state index is 0.0462. The van der Waals surface area contributed by atoms with Gasteiger partial charge >= 0.3 is 5.97 Å². The van der Waals surface area contributed by atoms with Crippen molar-refractivity contribution in [2.24, 2.45) is 11.7 Å². The van der Waals surface area contributed by atoms with Crippen LogP contribution in [0.25, 0.3) is 0 Å². The van der Waals surface area contributed by atoms with Crippen LogP contribution in [0.2, 0.25) is 0 Å². The highest BCUT2D eigenvalue weighted by Gasteiger charge is 2.25. The van der Waals surface area contributed by atoms with Gasteiger partial charge in [0, 0.05) is 13.1 Å². The maximum Gasteiger partial charge on any atom is 0.335 e. The molecule has 0 radical (unpaired) electrons. The van der Waals surface area contributed by atoms with Gasteiger partial charge in [0.2, 0.25) is 5.91 Å². The van der Waals surface area contributed by atoms with Gasteiger partial charge in [-0.1, -0.05) is 19.9 Å². The fourth-order valence-corrected chi connectivity index (χ4v) is 2.72. The van der Waals surface area contributed by atoms with Crippen molar-refractivity contribution in [2.75, 3.05) is 6.54 Å². The maximum atomic E-state index is 12.3. The molecule has 3 N–H and O–H groups in total. The minimum Gasteiger partial charge on any atom is -0.478 e. The van der Waals surface area contributed by atoms with Crippen LogP contribution in [0, 0.1) is 5.92 Å². The molecule has 114 valence electrons. The van der Waals surface area contributed by atoms with Gasteiger partial charge in [-0.2, -0.15) is 0 Å². The summed E-state index contributed by atoms with van der Waals surface area (Å²) in [6.45, 7) is 5.17. The smallest absolute Gasteiger partial charge is 0.335 e. The van der Waals surface area contributed by atoms with Crippen LogP contribution in [0.15, 0.2) is 18.2 Å². The second kappa shape index (κ2) is 6.26. The summed E-state index contributed by atoms with van der Waals surface area (Å²) >= 11 is 0. The van der Waals surface area contributed by atoms with E-state index in [0.717, 1.165) is 17.5 Å². The van der Waals surface area contributed by atoms with E-state index in [1.54, 1.807) is 17.0 Å². The standard InChI is InChI=1S/C16H22N2O3/c1-10(2)7-14(17)15(19)18-6-5-11-3-4-12(16(20)21)8-13(11)9-18/h3-4,8,10,14H,5-7,9,17H2,1-2H3,(H,20,21)/t14-/m1/s1. The van der Waals surface area contributed by atoms with Crippen molar-refractivity contribution in [3.05, 3.63) is 34.9 Å². The lowest BCUT2D eigenvalue weighted by atomic mass is 9.96. The lowest BCUT2D eigenvalue weighted by Gasteiger charge is -2.31. The molecule has 0 saturated heterocycles. The van der Waals surface area contributed by atoms with E-state index in [0.29, 0.717) is 25.4 Å². The zero-order valence-corrected chi connectivity index (χ0v) is 12.5. The van der Waals surface area contributed by atoms with Crippen molar-refractivity contribution in [1.29, 1.82) is 0 Å². The van der Waals surface area contributed by atoms with E-state index >= 15 is 0 Å². The zero-order valence-electron chi connectivity index (χ0n) is 12.5. The summed E-state index contributed by atoms with van der Waals surface area (Å²) in [4.78, 5) is 25.1.